The molecule has 1 saturated heterocycles. The zero-order chi connectivity index (χ0) is 15.2. The molecule has 4 N–H and O–H groups in total. The van der Waals surface area contributed by atoms with Crippen molar-refractivity contribution >= 4 is 17.8 Å². The molecule has 1 aromatic heterocycles. The fraction of sp³-hybridized carbons (Fsp3) is 0.769. The Hall–Kier alpha value is -1.67. The Kier molecular flexibility index (Phi) is 5.51. The molecule has 1 fully saturated rings. The van der Waals surface area contributed by atoms with Crippen LogP contribution in [0.5, 0.6) is 0 Å². The lowest BCUT2D eigenvalue weighted by Crippen LogP contribution is -2.27. The van der Waals surface area contributed by atoms with Gasteiger partial charge in [0.05, 0.1) is 6.10 Å². The molecule has 0 aromatic carbocycles. The van der Waals surface area contributed by atoms with Crippen LogP contribution in [0.1, 0.15) is 27.2 Å². The van der Waals surface area contributed by atoms with Crippen LogP contribution in [0, 0.1) is 5.92 Å². The van der Waals surface area contributed by atoms with Crippen molar-refractivity contribution in [1.82, 2.24) is 15.0 Å². The highest BCUT2D eigenvalue weighted by atomic mass is 16.5. The molecule has 0 saturated carbocycles. The normalized spacial score (nSPS) is 21.3. The molecule has 1 aromatic rings. The first-order chi connectivity index (χ1) is 10.2. The van der Waals surface area contributed by atoms with Crippen LogP contribution in [-0.4, -0.2) is 47.3 Å². The summed E-state index contributed by atoms with van der Waals surface area (Å²) in [6, 6.07) is 0. The third-order valence-corrected chi connectivity index (χ3v) is 3.85. The Bertz CT molecular complexity index is 452. The zero-order valence-electron chi connectivity index (χ0n) is 13.0. The predicted molar refractivity (Wildman–Crippen MR) is 83.2 cm³/mol. The van der Waals surface area contributed by atoms with Crippen molar-refractivity contribution in [3.63, 3.8) is 0 Å². The van der Waals surface area contributed by atoms with Gasteiger partial charge < -0.3 is 15.0 Å². The summed E-state index contributed by atoms with van der Waals surface area (Å²) in [4.78, 5) is 15.1. The Balaban J connectivity index is 2.08. The molecule has 8 nitrogen and oxygen atoms in total. The second kappa shape index (κ2) is 7.37. The second-order valence-electron chi connectivity index (χ2n) is 5.10. The fourth-order valence-electron chi connectivity index (χ4n) is 2.42. The van der Waals surface area contributed by atoms with E-state index in [4.69, 9.17) is 10.6 Å². The summed E-state index contributed by atoms with van der Waals surface area (Å²) in [5, 5.41) is 3.27. The van der Waals surface area contributed by atoms with Gasteiger partial charge in [0.25, 0.3) is 0 Å². The summed E-state index contributed by atoms with van der Waals surface area (Å²) in [5.74, 6) is 7.45. The van der Waals surface area contributed by atoms with Crippen LogP contribution in [0.15, 0.2) is 0 Å². The van der Waals surface area contributed by atoms with Crippen LogP contribution in [-0.2, 0) is 4.74 Å². The number of hydrazine groups is 1. The smallest absolute Gasteiger partial charge is 0.243 e. The van der Waals surface area contributed by atoms with E-state index in [-0.39, 0.29) is 6.10 Å². The van der Waals surface area contributed by atoms with Crippen LogP contribution in [0.25, 0.3) is 0 Å². The lowest BCUT2D eigenvalue weighted by molar-refractivity contribution is 0.108. The number of nitrogen functional groups attached to an aromatic ring is 1. The molecule has 8 heteroatoms. The van der Waals surface area contributed by atoms with Gasteiger partial charge in [-0.25, -0.2) is 5.84 Å². The van der Waals surface area contributed by atoms with Gasteiger partial charge in [0.1, 0.15) is 0 Å². The molecule has 0 spiro atoms. The van der Waals surface area contributed by atoms with Gasteiger partial charge in [-0.3, -0.25) is 5.43 Å². The third-order valence-electron chi connectivity index (χ3n) is 3.85. The van der Waals surface area contributed by atoms with E-state index in [0.717, 1.165) is 32.7 Å². The van der Waals surface area contributed by atoms with Crippen LogP contribution in [0.4, 0.5) is 17.8 Å². The van der Waals surface area contributed by atoms with E-state index in [1.54, 1.807) is 0 Å². The number of hydrogen-bond acceptors (Lipinski definition) is 8. The van der Waals surface area contributed by atoms with E-state index in [9.17, 15) is 0 Å². The number of nitrogens with two attached hydrogens (primary N) is 1. The number of aromatic nitrogens is 3. The quantitative estimate of drug-likeness (QED) is 0.502. The first kappa shape index (κ1) is 15.7. The van der Waals surface area contributed by atoms with Crippen molar-refractivity contribution in [2.45, 2.75) is 33.3 Å². The Morgan fingerprint density at radius 3 is 2.52 bits per heavy atom. The first-order valence-corrected chi connectivity index (χ1v) is 7.51. The Labute approximate surface area is 125 Å². The van der Waals surface area contributed by atoms with Crippen LogP contribution in [0.3, 0.4) is 0 Å². The van der Waals surface area contributed by atoms with Gasteiger partial charge >= 0.3 is 0 Å². The van der Waals surface area contributed by atoms with Crippen molar-refractivity contribution in [1.29, 1.82) is 0 Å². The van der Waals surface area contributed by atoms with Crippen molar-refractivity contribution in [3.8, 4) is 0 Å². The van der Waals surface area contributed by atoms with E-state index in [1.807, 2.05) is 0 Å². The van der Waals surface area contributed by atoms with Gasteiger partial charge in [-0.1, -0.05) is 0 Å². The maximum Gasteiger partial charge on any atom is 0.243 e. The zero-order valence-corrected chi connectivity index (χ0v) is 13.0. The van der Waals surface area contributed by atoms with Crippen molar-refractivity contribution in [2.75, 3.05) is 41.9 Å². The summed E-state index contributed by atoms with van der Waals surface area (Å²) in [7, 11) is 0. The van der Waals surface area contributed by atoms with E-state index in [0.29, 0.717) is 23.8 Å². The molecule has 2 heterocycles. The molecule has 0 aliphatic carbocycles. The summed E-state index contributed by atoms with van der Waals surface area (Å²) in [5.41, 5.74) is 2.49. The minimum absolute atomic E-state index is 0.272. The molecule has 118 valence electrons. The topological polar surface area (TPSA) is 101 Å². The molecular weight excluding hydrogens is 270 g/mol. The van der Waals surface area contributed by atoms with Gasteiger partial charge in [0.15, 0.2) is 0 Å². The maximum atomic E-state index is 5.56. The highest BCUT2D eigenvalue weighted by molar-refractivity contribution is 5.43. The Morgan fingerprint density at radius 2 is 1.95 bits per heavy atom. The summed E-state index contributed by atoms with van der Waals surface area (Å²) < 4.78 is 5.56. The lowest BCUT2D eigenvalue weighted by Gasteiger charge is -2.20. The molecule has 2 rings (SSSR count). The van der Waals surface area contributed by atoms with Gasteiger partial charge in [-0.05, 0) is 27.2 Å². The molecule has 1 aliphatic heterocycles. The highest BCUT2D eigenvalue weighted by Gasteiger charge is 2.24. The number of anilines is 3. The third kappa shape index (κ3) is 3.92. The van der Waals surface area contributed by atoms with E-state index >= 15 is 0 Å². The number of rotatable bonds is 7. The van der Waals surface area contributed by atoms with Crippen LogP contribution >= 0.6 is 0 Å². The summed E-state index contributed by atoms with van der Waals surface area (Å²) >= 11 is 0. The SMILES string of the molecule is CCN(CC)c1nc(NN)nc(NCC2CCOC2C)n1. The maximum absolute atomic E-state index is 5.56. The number of nitrogens with zero attached hydrogens (tertiary/aromatic N) is 4. The van der Waals surface area contributed by atoms with Crippen LogP contribution < -0.4 is 21.5 Å². The number of ether oxygens (including phenoxy) is 1. The molecule has 0 radical (unpaired) electrons. The average Bonchev–Trinajstić information content (AvgIpc) is 2.91. The van der Waals surface area contributed by atoms with E-state index in [1.165, 1.54) is 0 Å². The minimum Gasteiger partial charge on any atom is -0.378 e. The molecule has 2 atom stereocenters. The monoisotopic (exact) mass is 295 g/mol. The predicted octanol–water partition coefficient (Wildman–Crippen LogP) is 0.840. The van der Waals surface area contributed by atoms with Crippen molar-refractivity contribution in [2.24, 2.45) is 11.8 Å². The standard InChI is InChI=1S/C13H25N7O/c1-4-20(5-2)13-17-11(16-12(18-13)19-14)15-8-10-6-7-21-9(10)3/h9-10H,4-8,14H2,1-3H3,(H2,15,16,17,18,19). The average molecular weight is 295 g/mol. The largest absolute Gasteiger partial charge is 0.378 e. The minimum atomic E-state index is 0.272. The van der Waals surface area contributed by atoms with E-state index < -0.39 is 0 Å². The molecule has 2 unspecified atom stereocenters. The summed E-state index contributed by atoms with van der Waals surface area (Å²) in [6.07, 6.45) is 1.33. The molecule has 1 aliphatic rings. The van der Waals surface area contributed by atoms with Gasteiger partial charge in [-0.15, -0.1) is 0 Å². The number of hydrogen-bond donors (Lipinski definition) is 3. The van der Waals surface area contributed by atoms with Gasteiger partial charge in [0.2, 0.25) is 17.8 Å². The van der Waals surface area contributed by atoms with E-state index in [2.05, 4.69) is 51.4 Å². The molecule has 0 bridgehead atoms. The fourth-order valence-corrected chi connectivity index (χ4v) is 2.42. The second-order valence-corrected chi connectivity index (χ2v) is 5.10. The molecule has 21 heavy (non-hydrogen) atoms. The molecule has 0 amide bonds. The first-order valence-electron chi connectivity index (χ1n) is 7.51. The van der Waals surface area contributed by atoms with Crippen LogP contribution in [0.2, 0.25) is 0 Å². The lowest BCUT2D eigenvalue weighted by atomic mass is 10.0. The van der Waals surface area contributed by atoms with Crippen molar-refractivity contribution < 1.29 is 4.74 Å². The molecular formula is C13H25N7O. The highest BCUT2D eigenvalue weighted by Crippen LogP contribution is 2.21. The Morgan fingerprint density at radius 1 is 1.24 bits per heavy atom. The van der Waals surface area contributed by atoms with Crippen molar-refractivity contribution in [3.05, 3.63) is 0 Å². The van der Waals surface area contributed by atoms with Gasteiger partial charge in [-0.2, -0.15) is 15.0 Å². The van der Waals surface area contributed by atoms with Gasteiger partial charge in [0, 0.05) is 32.2 Å². The summed E-state index contributed by atoms with van der Waals surface area (Å²) in [6.45, 7) is 9.49. The number of nitrogens with one attached hydrogen (secondary N) is 2.